The quantitative estimate of drug-likeness (QED) is 0.721. The zero-order chi connectivity index (χ0) is 18.7. The predicted molar refractivity (Wildman–Crippen MR) is 104 cm³/mol. The van der Waals surface area contributed by atoms with Crippen molar-refractivity contribution in [1.82, 2.24) is 15.0 Å². The van der Waals surface area contributed by atoms with Crippen LogP contribution in [0.25, 0.3) is 11.4 Å². The van der Waals surface area contributed by atoms with Gasteiger partial charge in [0.15, 0.2) is 0 Å². The van der Waals surface area contributed by atoms with Crippen LogP contribution in [0.15, 0.2) is 40.5 Å². The van der Waals surface area contributed by atoms with Crippen molar-refractivity contribution in [3.05, 3.63) is 62.5 Å². The van der Waals surface area contributed by atoms with Crippen LogP contribution >= 0.6 is 11.3 Å². The molecule has 0 fully saturated rings. The minimum Gasteiger partial charge on any atom is -0.326 e. The lowest BCUT2D eigenvalue weighted by Crippen LogP contribution is -2.14. The number of hydrogen-bond donors (Lipinski definition) is 2. The largest absolute Gasteiger partial charge is 0.326 e. The Labute approximate surface area is 155 Å². The third-order valence-electron chi connectivity index (χ3n) is 3.72. The minimum absolute atomic E-state index is 0.111. The number of carbonyl (C=O) groups excluding carboxylic acids is 1. The summed E-state index contributed by atoms with van der Waals surface area (Å²) >= 11 is 1.58. The van der Waals surface area contributed by atoms with Gasteiger partial charge in [0.25, 0.3) is 5.56 Å². The molecule has 0 saturated carbocycles. The van der Waals surface area contributed by atoms with Gasteiger partial charge in [-0.1, -0.05) is 13.8 Å². The summed E-state index contributed by atoms with van der Waals surface area (Å²) in [5, 5.41) is 5.83. The fourth-order valence-corrected chi connectivity index (χ4v) is 3.30. The van der Waals surface area contributed by atoms with Crippen LogP contribution in [-0.2, 0) is 11.2 Å². The second kappa shape index (κ2) is 7.61. The number of benzene rings is 1. The lowest BCUT2D eigenvalue weighted by Gasteiger charge is -2.06. The van der Waals surface area contributed by atoms with Crippen molar-refractivity contribution in [2.75, 3.05) is 5.32 Å². The lowest BCUT2D eigenvalue weighted by molar-refractivity contribution is -0.115. The van der Waals surface area contributed by atoms with Crippen molar-refractivity contribution < 1.29 is 4.79 Å². The molecule has 26 heavy (non-hydrogen) atoms. The van der Waals surface area contributed by atoms with Gasteiger partial charge in [0.1, 0.15) is 5.82 Å². The van der Waals surface area contributed by atoms with Crippen LogP contribution in [0.1, 0.15) is 36.2 Å². The average Bonchev–Trinajstić information content (AvgIpc) is 3.03. The highest BCUT2D eigenvalue weighted by molar-refractivity contribution is 7.09. The van der Waals surface area contributed by atoms with Crippen LogP contribution in [0.5, 0.6) is 0 Å². The molecule has 2 aromatic heterocycles. The van der Waals surface area contributed by atoms with Crippen LogP contribution in [0, 0.1) is 6.92 Å². The van der Waals surface area contributed by atoms with Gasteiger partial charge in [-0.2, -0.15) is 0 Å². The Hall–Kier alpha value is -2.80. The fourth-order valence-electron chi connectivity index (χ4n) is 2.47. The van der Waals surface area contributed by atoms with E-state index in [1.165, 1.54) is 6.07 Å². The van der Waals surface area contributed by atoms with Crippen LogP contribution in [-0.4, -0.2) is 20.9 Å². The monoisotopic (exact) mass is 368 g/mol. The summed E-state index contributed by atoms with van der Waals surface area (Å²) < 4.78 is 0. The molecule has 0 aliphatic rings. The first-order valence-electron chi connectivity index (χ1n) is 8.33. The molecule has 0 saturated heterocycles. The predicted octanol–water partition coefficient (Wildman–Crippen LogP) is 3.51. The molecule has 0 unspecified atom stereocenters. The molecule has 3 rings (SSSR count). The number of anilines is 1. The highest BCUT2D eigenvalue weighted by Gasteiger charge is 2.10. The molecule has 0 aliphatic carbocycles. The van der Waals surface area contributed by atoms with Gasteiger partial charge in [-0.15, -0.1) is 11.3 Å². The standard InChI is InChI=1S/C19H20N4O2S/c1-11(2)19-22-15(10-26-19)9-17(25)21-14-6-4-13(5-7-14)18-20-12(3)8-16(24)23-18/h4-8,10-11H,9H2,1-3H3,(H,21,25)(H,20,23,24). The number of rotatable bonds is 5. The number of thiazole rings is 1. The minimum atomic E-state index is -0.186. The maximum Gasteiger partial charge on any atom is 0.251 e. The molecule has 0 spiro atoms. The van der Waals surface area contributed by atoms with E-state index in [1.54, 1.807) is 30.4 Å². The third-order valence-corrected chi connectivity index (χ3v) is 4.91. The summed E-state index contributed by atoms with van der Waals surface area (Å²) in [5.41, 5.74) is 2.73. The number of nitrogens with zero attached hydrogens (tertiary/aromatic N) is 2. The summed E-state index contributed by atoms with van der Waals surface area (Å²) in [6.07, 6.45) is 0.248. The molecule has 2 heterocycles. The van der Waals surface area contributed by atoms with Crippen molar-refractivity contribution in [3.63, 3.8) is 0 Å². The Morgan fingerprint density at radius 1 is 1.23 bits per heavy atom. The Kier molecular flexibility index (Phi) is 5.27. The maximum absolute atomic E-state index is 12.2. The SMILES string of the molecule is Cc1cc(=O)[nH]c(-c2ccc(NC(=O)Cc3csc(C(C)C)n3)cc2)n1. The highest BCUT2D eigenvalue weighted by atomic mass is 32.1. The zero-order valence-electron chi connectivity index (χ0n) is 14.9. The molecule has 6 nitrogen and oxygen atoms in total. The molecular formula is C19H20N4O2S. The van der Waals surface area contributed by atoms with E-state index >= 15 is 0 Å². The van der Waals surface area contributed by atoms with Gasteiger partial charge in [0, 0.05) is 34.3 Å². The van der Waals surface area contributed by atoms with Crippen molar-refractivity contribution >= 4 is 22.9 Å². The van der Waals surface area contributed by atoms with Gasteiger partial charge in [-0.3, -0.25) is 9.59 Å². The van der Waals surface area contributed by atoms with E-state index in [-0.39, 0.29) is 17.9 Å². The molecule has 3 aromatic rings. The van der Waals surface area contributed by atoms with E-state index in [4.69, 9.17) is 0 Å². The van der Waals surface area contributed by atoms with E-state index in [0.717, 1.165) is 16.3 Å². The number of nitrogens with one attached hydrogen (secondary N) is 2. The molecule has 0 bridgehead atoms. The topological polar surface area (TPSA) is 87.7 Å². The van der Waals surface area contributed by atoms with Crippen LogP contribution in [0.3, 0.4) is 0 Å². The number of aromatic nitrogens is 3. The van der Waals surface area contributed by atoms with Gasteiger partial charge in [0.05, 0.1) is 17.1 Å². The first kappa shape index (κ1) is 18.0. The van der Waals surface area contributed by atoms with Gasteiger partial charge in [0.2, 0.25) is 5.91 Å². The number of aryl methyl sites for hydroxylation is 1. The fraction of sp³-hybridized carbons (Fsp3) is 0.263. The van der Waals surface area contributed by atoms with E-state index < -0.39 is 0 Å². The molecular weight excluding hydrogens is 348 g/mol. The van der Waals surface area contributed by atoms with E-state index in [9.17, 15) is 9.59 Å². The molecule has 1 amide bonds. The van der Waals surface area contributed by atoms with Gasteiger partial charge in [-0.25, -0.2) is 9.97 Å². The highest BCUT2D eigenvalue weighted by Crippen LogP contribution is 2.20. The summed E-state index contributed by atoms with van der Waals surface area (Å²) in [7, 11) is 0. The average molecular weight is 368 g/mol. The molecule has 1 aromatic carbocycles. The number of amides is 1. The summed E-state index contributed by atoms with van der Waals surface area (Å²) in [5.74, 6) is 0.767. The number of carbonyl (C=O) groups is 1. The van der Waals surface area contributed by atoms with E-state index in [0.29, 0.717) is 23.1 Å². The second-order valence-corrected chi connectivity index (χ2v) is 7.26. The maximum atomic E-state index is 12.2. The van der Waals surface area contributed by atoms with Crippen molar-refractivity contribution in [2.24, 2.45) is 0 Å². The second-order valence-electron chi connectivity index (χ2n) is 6.37. The normalized spacial score (nSPS) is 10.9. The first-order chi connectivity index (χ1) is 12.4. The number of H-pyrrole nitrogens is 1. The summed E-state index contributed by atoms with van der Waals surface area (Å²) in [6, 6.07) is 8.65. The number of hydrogen-bond acceptors (Lipinski definition) is 5. The molecule has 0 radical (unpaired) electrons. The lowest BCUT2D eigenvalue weighted by atomic mass is 10.2. The Bertz CT molecular complexity index is 974. The third kappa shape index (κ3) is 4.43. The van der Waals surface area contributed by atoms with Gasteiger partial charge >= 0.3 is 0 Å². The summed E-state index contributed by atoms with van der Waals surface area (Å²) in [4.78, 5) is 35.3. The Morgan fingerprint density at radius 3 is 2.58 bits per heavy atom. The molecule has 2 N–H and O–H groups in total. The molecule has 0 aliphatic heterocycles. The van der Waals surface area contributed by atoms with E-state index in [1.807, 2.05) is 17.5 Å². The molecule has 7 heteroatoms. The van der Waals surface area contributed by atoms with Crippen molar-refractivity contribution in [3.8, 4) is 11.4 Å². The van der Waals surface area contributed by atoms with Crippen molar-refractivity contribution in [1.29, 1.82) is 0 Å². The first-order valence-corrected chi connectivity index (χ1v) is 9.21. The van der Waals surface area contributed by atoms with Crippen LogP contribution in [0.2, 0.25) is 0 Å². The van der Waals surface area contributed by atoms with Gasteiger partial charge < -0.3 is 10.3 Å². The Morgan fingerprint density at radius 2 is 1.96 bits per heavy atom. The van der Waals surface area contributed by atoms with E-state index in [2.05, 4.69) is 34.1 Å². The Balaban J connectivity index is 1.66. The summed E-state index contributed by atoms with van der Waals surface area (Å²) in [6.45, 7) is 5.94. The van der Waals surface area contributed by atoms with Crippen LogP contribution in [0.4, 0.5) is 5.69 Å². The number of aromatic amines is 1. The molecule has 134 valence electrons. The van der Waals surface area contributed by atoms with Gasteiger partial charge in [-0.05, 0) is 31.2 Å². The zero-order valence-corrected chi connectivity index (χ0v) is 15.7. The van der Waals surface area contributed by atoms with Crippen molar-refractivity contribution in [2.45, 2.75) is 33.1 Å². The molecule has 0 atom stereocenters. The van der Waals surface area contributed by atoms with Crippen LogP contribution < -0.4 is 10.9 Å². The smallest absolute Gasteiger partial charge is 0.251 e.